The summed E-state index contributed by atoms with van der Waals surface area (Å²) in [7, 11) is -3.53. The molecule has 0 atom stereocenters. The van der Waals surface area contributed by atoms with Crippen molar-refractivity contribution in [2.24, 2.45) is 0 Å². The molecule has 3 rings (SSSR count). The van der Waals surface area contributed by atoms with Gasteiger partial charge in [0.2, 0.25) is 10.0 Å². The zero-order valence-corrected chi connectivity index (χ0v) is 17.9. The summed E-state index contributed by atoms with van der Waals surface area (Å²) in [5.41, 5.74) is 2.40. The topological polar surface area (TPSA) is 66.5 Å². The Morgan fingerprint density at radius 3 is 2.43 bits per heavy atom. The maximum Gasteiger partial charge on any atom is 0.251 e. The van der Waals surface area contributed by atoms with Crippen molar-refractivity contribution in [3.63, 3.8) is 0 Å². The van der Waals surface area contributed by atoms with Crippen LogP contribution in [0.25, 0.3) is 0 Å². The predicted molar refractivity (Wildman–Crippen MR) is 113 cm³/mol. The van der Waals surface area contributed by atoms with Gasteiger partial charge in [0, 0.05) is 35.8 Å². The van der Waals surface area contributed by atoms with Crippen LogP contribution in [0.3, 0.4) is 0 Å². The van der Waals surface area contributed by atoms with Crippen molar-refractivity contribution in [3.05, 3.63) is 59.2 Å². The fraction of sp³-hybridized carbons (Fsp3) is 0.381. The van der Waals surface area contributed by atoms with Gasteiger partial charge >= 0.3 is 0 Å². The normalized spacial score (nSPS) is 14.9. The number of nitrogens with zero attached hydrogens (tertiary/aromatic N) is 1. The van der Waals surface area contributed by atoms with E-state index in [0.717, 1.165) is 29.1 Å². The standard InChI is InChI=1S/C21H26N2O3S2/c1-16-5-8-18(9-6-16)27-14-11-22-21(24)20-15-19(10-7-17(20)2)28(25,26)23-12-3-4-13-23/h5-10,15H,3-4,11-14H2,1-2H3,(H,22,24). The summed E-state index contributed by atoms with van der Waals surface area (Å²) in [5.74, 6) is 0.514. The van der Waals surface area contributed by atoms with E-state index in [1.807, 2.05) is 6.92 Å². The SMILES string of the molecule is Cc1ccc(SCCNC(=O)c2cc(S(=O)(=O)N3CCCC3)ccc2C)cc1. The fourth-order valence-electron chi connectivity index (χ4n) is 3.15. The van der Waals surface area contributed by atoms with Crippen LogP contribution in [-0.4, -0.2) is 44.0 Å². The van der Waals surface area contributed by atoms with Crippen molar-refractivity contribution in [2.45, 2.75) is 36.5 Å². The number of sulfonamides is 1. The number of hydrogen-bond acceptors (Lipinski definition) is 4. The lowest BCUT2D eigenvalue weighted by Gasteiger charge is -2.17. The van der Waals surface area contributed by atoms with E-state index in [1.165, 1.54) is 15.9 Å². The first-order valence-corrected chi connectivity index (χ1v) is 11.9. The Balaban J connectivity index is 1.62. The highest BCUT2D eigenvalue weighted by Gasteiger charge is 2.28. The van der Waals surface area contributed by atoms with Crippen LogP contribution in [-0.2, 0) is 10.0 Å². The summed E-state index contributed by atoms with van der Waals surface area (Å²) in [5, 5.41) is 2.90. The highest BCUT2D eigenvalue weighted by atomic mass is 32.2. The molecular weight excluding hydrogens is 392 g/mol. The lowest BCUT2D eigenvalue weighted by atomic mass is 10.1. The Bertz CT molecular complexity index is 935. The zero-order valence-electron chi connectivity index (χ0n) is 16.3. The molecule has 1 saturated heterocycles. The van der Waals surface area contributed by atoms with E-state index in [0.29, 0.717) is 25.2 Å². The average Bonchev–Trinajstić information content (AvgIpc) is 3.22. The number of hydrogen-bond donors (Lipinski definition) is 1. The second kappa shape index (κ2) is 9.11. The lowest BCUT2D eigenvalue weighted by Crippen LogP contribution is -2.29. The van der Waals surface area contributed by atoms with Crippen LogP contribution in [0.4, 0.5) is 0 Å². The molecule has 0 bridgehead atoms. The third-order valence-electron chi connectivity index (χ3n) is 4.83. The molecule has 2 aromatic rings. The molecule has 7 heteroatoms. The first-order chi connectivity index (χ1) is 13.4. The van der Waals surface area contributed by atoms with E-state index >= 15 is 0 Å². The third kappa shape index (κ3) is 4.96. The number of carbonyl (C=O) groups excluding carboxylic acids is 1. The Morgan fingerprint density at radius 1 is 1.07 bits per heavy atom. The minimum Gasteiger partial charge on any atom is -0.351 e. The molecule has 5 nitrogen and oxygen atoms in total. The molecule has 1 aliphatic heterocycles. The average molecular weight is 419 g/mol. The molecule has 0 unspecified atom stereocenters. The number of nitrogens with one attached hydrogen (secondary N) is 1. The predicted octanol–water partition coefficient (Wildman–Crippen LogP) is 3.61. The Hall–Kier alpha value is -1.83. The number of amides is 1. The van der Waals surface area contributed by atoms with Crippen molar-refractivity contribution in [3.8, 4) is 0 Å². The second-order valence-electron chi connectivity index (χ2n) is 7.01. The monoisotopic (exact) mass is 418 g/mol. The van der Waals surface area contributed by atoms with Gasteiger partial charge in [-0.1, -0.05) is 23.8 Å². The van der Waals surface area contributed by atoms with Crippen LogP contribution in [0.1, 0.15) is 34.3 Å². The van der Waals surface area contributed by atoms with Gasteiger partial charge in [-0.2, -0.15) is 4.31 Å². The molecule has 0 aromatic heterocycles. The number of carbonyl (C=O) groups is 1. The van der Waals surface area contributed by atoms with Gasteiger partial charge in [0.1, 0.15) is 0 Å². The minimum atomic E-state index is -3.53. The molecule has 0 saturated carbocycles. The third-order valence-corrected chi connectivity index (χ3v) is 7.74. The number of benzene rings is 2. The van der Waals surface area contributed by atoms with Crippen LogP contribution in [0.2, 0.25) is 0 Å². The summed E-state index contributed by atoms with van der Waals surface area (Å²) < 4.78 is 27.0. The van der Waals surface area contributed by atoms with Crippen LogP contribution < -0.4 is 5.32 Å². The molecule has 1 heterocycles. The molecule has 1 aliphatic rings. The number of rotatable bonds is 7. The van der Waals surface area contributed by atoms with Crippen molar-refractivity contribution in [1.82, 2.24) is 9.62 Å². The van der Waals surface area contributed by atoms with Gasteiger partial charge < -0.3 is 5.32 Å². The van der Waals surface area contributed by atoms with Gasteiger partial charge in [0.05, 0.1) is 4.90 Å². The van der Waals surface area contributed by atoms with E-state index in [4.69, 9.17) is 0 Å². The highest BCUT2D eigenvalue weighted by molar-refractivity contribution is 7.99. The first-order valence-electron chi connectivity index (χ1n) is 9.46. The first kappa shape index (κ1) is 20.9. The molecule has 2 aromatic carbocycles. The molecule has 28 heavy (non-hydrogen) atoms. The zero-order chi connectivity index (χ0) is 20.1. The van der Waals surface area contributed by atoms with E-state index < -0.39 is 10.0 Å². The van der Waals surface area contributed by atoms with E-state index in [9.17, 15) is 13.2 Å². The summed E-state index contributed by atoms with van der Waals surface area (Å²) in [6.45, 7) is 5.49. The van der Waals surface area contributed by atoms with Gasteiger partial charge in [0.15, 0.2) is 0 Å². The van der Waals surface area contributed by atoms with Crippen molar-refractivity contribution < 1.29 is 13.2 Å². The molecule has 0 radical (unpaired) electrons. The Kier molecular flexibility index (Phi) is 6.80. The molecule has 0 spiro atoms. The quantitative estimate of drug-likeness (QED) is 0.551. The molecule has 0 aliphatic carbocycles. The largest absolute Gasteiger partial charge is 0.351 e. The minimum absolute atomic E-state index is 0.194. The maximum absolute atomic E-state index is 12.8. The van der Waals surface area contributed by atoms with E-state index in [1.54, 1.807) is 23.9 Å². The van der Waals surface area contributed by atoms with Gasteiger partial charge in [-0.3, -0.25) is 4.79 Å². The summed E-state index contributed by atoms with van der Waals surface area (Å²) in [6.07, 6.45) is 1.77. The van der Waals surface area contributed by atoms with Crippen molar-refractivity contribution in [2.75, 3.05) is 25.4 Å². The van der Waals surface area contributed by atoms with Gasteiger partial charge in [-0.05, 0) is 56.5 Å². The molecule has 1 N–H and O–H groups in total. The summed E-state index contributed by atoms with van der Waals surface area (Å²) in [4.78, 5) is 13.9. The maximum atomic E-state index is 12.8. The highest BCUT2D eigenvalue weighted by Crippen LogP contribution is 2.23. The Labute approximate surface area is 171 Å². The van der Waals surface area contributed by atoms with E-state index in [-0.39, 0.29) is 10.8 Å². The van der Waals surface area contributed by atoms with E-state index in [2.05, 4.69) is 36.5 Å². The van der Waals surface area contributed by atoms with Gasteiger partial charge in [0.25, 0.3) is 5.91 Å². The number of aryl methyl sites for hydroxylation is 2. The second-order valence-corrected chi connectivity index (χ2v) is 10.1. The molecular formula is C21H26N2O3S2. The molecule has 150 valence electrons. The van der Waals surface area contributed by atoms with Crippen molar-refractivity contribution in [1.29, 1.82) is 0 Å². The lowest BCUT2D eigenvalue weighted by molar-refractivity contribution is 0.0955. The van der Waals surface area contributed by atoms with Crippen LogP contribution in [0.15, 0.2) is 52.3 Å². The van der Waals surface area contributed by atoms with Gasteiger partial charge in [-0.25, -0.2) is 8.42 Å². The Morgan fingerprint density at radius 2 is 1.75 bits per heavy atom. The molecule has 1 amide bonds. The summed E-state index contributed by atoms with van der Waals surface area (Å²) >= 11 is 1.68. The fourth-order valence-corrected chi connectivity index (χ4v) is 5.46. The van der Waals surface area contributed by atoms with Crippen LogP contribution >= 0.6 is 11.8 Å². The van der Waals surface area contributed by atoms with Crippen molar-refractivity contribution >= 4 is 27.7 Å². The molecule has 1 fully saturated rings. The van der Waals surface area contributed by atoms with Crippen LogP contribution in [0, 0.1) is 13.8 Å². The smallest absolute Gasteiger partial charge is 0.251 e. The van der Waals surface area contributed by atoms with Gasteiger partial charge in [-0.15, -0.1) is 11.8 Å². The summed E-state index contributed by atoms with van der Waals surface area (Å²) in [6, 6.07) is 13.1. The number of thioether (sulfide) groups is 1. The van der Waals surface area contributed by atoms with Crippen LogP contribution in [0.5, 0.6) is 0 Å².